The number of halogens is 1. The molecule has 3 rings (SSSR count). The van der Waals surface area contributed by atoms with Crippen LogP contribution in [0, 0.1) is 0 Å². The monoisotopic (exact) mass is 511 g/mol. The van der Waals surface area contributed by atoms with E-state index in [4.69, 9.17) is 9.52 Å². The summed E-state index contributed by atoms with van der Waals surface area (Å²) in [6.45, 7) is 11.8. The highest BCUT2D eigenvalue weighted by molar-refractivity contribution is 14.0. The van der Waals surface area contributed by atoms with Crippen LogP contribution in [0.3, 0.4) is 0 Å². The molecule has 0 amide bonds. The Kier molecular flexibility index (Phi) is 9.93. The lowest BCUT2D eigenvalue weighted by Gasteiger charge is -2.14. The van der Waals surface area contributed by atoms with Gasteiger partial charge in [0.05, 0.1) is 18.8 Å². The molecule has 1 aromatic heterocycles. The molecule has 0 aliphatic carbocycles. The van der Waals surface area contributed by atoms with E-state index in [-0.39, 0.29) is 24.0 Å². The lowest BCUT2D eigenvalue weighted by molar-refractivity contribution is 0.331. The lowest BCUT2D eigenvalue weighted by Crippen LogP contribution is -2.36. The molecule has 160 valence electrons. The smallest absolute Gasteiger partial charge is 0.191 e. The highest BCUT2D eigenvalue weighted by atomic mass is 127. The summed E-state index contributed by atoms with van der Waals surface area (Å²) in [7, 11) is 0. The minimum Gasteiger partial charge on any atom is -0.359 e. The van der Waals surface area contributed by atoms with Crippen LogP contribution in [-0.2, 0) is 19.6 Å². The maximum Gasteiger partial charge on any atom is 0.191 e. The molecule has 2 aromatic rings. The molecule has 1 saturated heterocycles. The molecule has 0 atom stereocenters. The van der Waals surface area contributed by atoms with Crippen molar-refractivity contribution in [1.82, 2.24) is 20.7 Å². The van der Waals surface area contributed by atoms with Crippen molar-refractivity contribution in [3.63, 3.8) is 0 Å². The Labute approximate surface area is 191 Å². The summed E-state index contributed by atoms with van der Waals surface area (Å²) in [5.41, 5.74) is 3.57. The second-order valence-electron chi connectivity index (χ2n) is 7.72. The molecule has 1 fully saturated rings. The first kappa shape index (κ1) is 23.7. The van der Waals surface area contributed by atoms with Crippen molar-refractivity contribution in [3.05, 3.63) is 52.9 Å². The predicted molar refractivity (Wildman–Crippen MR) is 129 cm³/mol. The summed E-state index contributed by atoms with van der Waals surface area (Å²) in [6, 6.07) is 10.8. The largest absolute Gasteiger partial charge is 0.359 e. The van der Waals surface area contributed by atoms with Crippen LogP contribution in [0.1, 0.15) is 62.1 Å². The van der Waals surface area contributed by atoms with E-state index in [1.54, 1.807) is 0 Å². The third-order valence-electron chi connectivity index (χ3n) is 4.99. The van der Waals surface area contributed by atoms with Crippen molar-refractivity contribution in [1.29, 1.82) is 0 Å². The molecule has 7 heteroatoms. The summed E-state index contributed by atoms with van der Waals surface area (Å²) in [5, 5.41) is 10.7. The number of likely N-dealkylation sites (tertiary alicyclic amines) is 1. The molecule has 1 aliphatic rings. The molecule has 1 aliphatic heterocycles. The minimum absolute atomic E-state index is 0. The third-order valence-corrected chi connectivity index (χ3v) is 4.99. The first-order valence-electron chi connectivity index (χ1n) is 10.4. The van der Waals surface area contributed by atoms with Crippen molar-refractivity contribution in [3.8, 4) is 0 Å². The van der Waals surface area contributed by atoms with E-state index in [2.05, 4.69) is 65.7 Å². The Morgan fingerprint density at radius 2 is 1.83 bits per heavy atom. The third kappa shape index (κ3) is 7.62. The first-order valence-corrected chi connectivity index (χ1v) is 10.4. The van der Waals surface area contributed by atoms with Gasteiger partial charge in [-0.15, -0.1) is 24.0 Å². The molecule has 29 heavy (non-hydrogen) atoms. The van der Waals surface area contributed by atoms with Crippen molar-refractivity contribution in [2.45, 2.75) is 59.2 Å². The van der Waals surface area contributed by atoms with Gasteiger partial charge in [-0.05, 0) is 49.9 Å². The molecule has 2 N–H and O–H groups in total. The predicted octanol–water partition coefficient (Wildman–Crippen LogP) is 4.27. The van der Waals surface area contributed by atoms with Crippen molar-refractivity contribution in [2.75, 3.05) is 19.6 Å². The van der Waals surface area contributed by atoms with Crippen LogP contribution >= 0.6 is 24.0 Å². The molecular formula is C22H34IN5O. The van der Waals surface area contributed by atoms with Gasteiger partial charge in [-0.25, -0.2) is 4.99 Å². The molecule has 0 saturated carbocycles. The highest BCUT2D eigenvalue weighted by Gasteiger charge is 2.11. The Balaban J connectivity index is 0.00000300. The summed E-state index contributed by atoms with van der Waals surface area (Å²) < 4.78 is 5.39. The standard InChI is InChI=1S/C22H33N5O.HI/c1-4-23-22(25-15-20-13-21(17(2)3)26-28-20)24-14-18-7-9-19(10-8-18)16-27-11-5-6-12-27;/h7-10,13,17H,4-6,11-12,14-16H2,1-3H3,(H2,23,24,25);1H. The van der Waals surface area contributed by atoms with Gasteiger partial charge < -0.3 is 15.2 Å². The Morgan fingerprint density at radius 1 is 1.14 bits per heavy atom. The summed E-state index contributed by atoms with van der Waals surface area (Å²) in [5.74, 6) is 1.97. The zero-order chi connectivity index (χ0) is 19.8. The molecule has 0 spiro atoms. The van der Waals surface area contributed by atoms with Crippen LogP contribution in [0.5, 0.6) is 0 Å². The van der Waals surface area contributed by atoms with E-state index in [0.717, 1.165) is 30.5 Å². The number of benzene rings is 1. The second-order valence-corrected chi connectivity index (χ2v) is 7.72. The molecule has 0 bridgehead atoms. The maximum absolute atomic E-state index is 5.39. The first-order chi connectivity index (χ1) is 13.6. The van der Waals surface area contributed by atoms with Gasteiger partial charge in [0.15, 0.2) is 11.7 Å². The fraction of sp³-hybridized carbons (Fsp3) is 0.545. The van der Waals surface area contributed by atoms with E-state index in [1.807, 2.05) is 6.07 Å². The highest BCUT2D eigenvalue weighted by Crippen LogP contribution is 2.15. The Morgan fingerprint density at radius 3 is 2.45 bits per heavy atom. The molecule has 0 radical (unpaired) electrons. The number of nitrogens with zero attached hydrogens (tertiary/aromatic N) is 3. The lowest BCUT2D eigenvalue weighted by atomic mass is 10.1. The fourth-order valence-corrected chi connectivity index (χ4v) is 3.32. The van der Waals surface area contributed by atoms with Crippen molar-refractivity contribution in [2.24, 2.45) is 4.99 Å². The number of rotatable bonds is 8. The molecule has 6 nitrogen and oxygen atoms in total. The molecule has 1 aromatic carbocycles. The van der Waals surface area contributed by atoms with Crippen LogP contribution in [0.2, 0.25) is 0 Å². The van der Waals surface area contributed by atoms with E-state index in [1.165, 1.54) is 37.1 Å². The zero-order valence-electron chi connectivity index (χ0n) is 17.8. The van der Waals surface area contributed by atoms with Gasteiger partial charge in [0, 0.05) is 19.2 Å². The average molecular weight is 511 g/mol. The second kappa shape index (κ2) is 12.2. The Hall–Kier alpha value is -1.61. The van der Waals surface area contributed by atoms with Crippen LogP contribution in [-0.4, -0.2) is 35.7 Å². The summed E-state index contributed by atoms with van der Waals surface area (Å²) in [6.07, 6.45) is 2.67. The number of guanidine groups is 1. The Bertz CT molecular complexity index is 751. The van der Waals surface area contributed by atoms with Crippen molar-refractivity contribution < 1.29 is 4.52 Å². The van der Waals surface area contributed by atoms with Crippen LogP contribution < -0.4 is 10.6 Å². The topological polar surface area (TPSA) is 65.7 Å². The molecular weight excluding hydrogens is 477 g/mol. The van der Waals surface area contributed by atoms with Gasteiger partial charge in [-0.1, -0.05) is 43.3 Å². The van der Waals surface area contributed by atoms with E-state index in [9.17, 15) is 0 Å². The SMILES string of the molecule is CCNC(=NCc1ccc(CN2CCCC2)cc1)NCc1cc(C(C)C)no1.I. The fourth-order valence-electron chi connectivity index (χ4n) is 3.32. The summed E-state index contributed by atoms with van der Waals surface area (Å²) in [4.78, 5) is 7.22. The number of aromatic nitrogens is 1. The number of hydrogen-bond donors (Lipinski definition) is 2. The van der Waals surface area contributed by atoms with E-state index >= 15 is 0 Å². The number of hydrogen-bond acceptors (Lipinski definition) is 4. The number of aliphatic imine (C=N–C) groups is 1. The van der Waals surface area contributed by atoms with Crippen LogP contribution in [0.4, 0.5) is 0 Å². The quantitative estimate of drug-likeness (QED) is 0.315. The van der Waals surface area contributed by atoms with Gasteiger partial charge in [0.2, 0.25) is 0 Å². The van der Waals surface area contributed by atoms with Crippen LogP contribution in [0.25, 0.3) is 0 Å². The minimum atomic E-state index is 0. The van der Waals surface area contributed by atoms with E-state index in [0.29, 0.717) is 19.0 Å². The number of nitrogens with one attached hydrogen (secondary N) is 2. The van der Waals surface area contributed by atoms with Crippen LogP contribution in [0.15, 0.2) is 39.8 Å². The zero-order valence-corrected chi connectivity index (χ0v) is 20.1. The van der Waals surface area contributed by atoms with Gasteiger partial charge in [0.25, 0.3) is 0 Å². The van der Waals surface area contributed by atoms with Gasteiger partial charge >= 0.3 is 0 Å². The van der Waals surface area contributed by atoms with Crippen molar-refractivity contribution >= 4 is 29.9 Å². The average Bonchev–Trinajstić information content (AvgIpc) is 3.37. The maximum atomic E-state index is 5.39. The molecule has 2 heterocycles. The van der Waals surface area contributed by atoms with Gasteiger partial charge in [-0.2, -0.15) is 0 Å². The van der Waals surface area contributed by atoms with Gasteiger partial charge in [-0.3, -0.25) is 4.90 Å². The normalized spacial score (nSPS) is 14.8. The van der Waals surface area contributed by atoms with Gasteiger partial charge in [0.1, 0.15) is 0 Å². The summed E-state index contributed by atoms with van der Waals surface area (Å²) >= 11 is 0. The van der Waals surface area contributed by atoms with E-state index < -0.39 is 0 Å². The molecule has 0 unspecified atom stereocenters.